The van der Waals surface area contributed by atoms with Gasteiger partial charge < -0.3 is 14.6 Å². The zero-order valence-electron chi connectivity index (χ0n) is 9.14. The molecule has 3 nitrogen and oxygen atoms in total. The van der Waals surface area contributed by atoms with E-state index in [0.29, 0.717) is 0 Å². The lowest BCUT2D eigenvalue weighted by Crippen LogP contribution is -2.14. The Kier molecular flexibility index (Phi) is 2.14. The summed E-state index contributed by atoms with van der Waals surface area (Å²) >= 11 is 0. The summed E-state index contributed by atoms with van der Waals surface area (Å²) in [7, 11) is 0. The Morgan fingerprint density at radius 1 is 1.31 bits per heavy atom. The number of fused-ring (bicyclic) bond motifs is 2. The topological polar surface area (TPSA) is 38.7 Å². The Labute approximate surface area is 94.3 Å². The molecule has 2 atom stereocenters. The van der Waals surface area contributed by atoms with Crippen LogP contribution in [0.4, 0.5) is 0 Å². The summed E-state index contributed by atoms with van der Waals surface area (Å²) in [6.07, 6.45) is 4.62. The smallest absolute Gasteiger partial charge is 0.231 e. The highest BCUT2D eigenvalue weighted by Crippen LogP contribution is 2.41. The number of hydrogen-bond acceptors (Lipinski definition) is 3. The Bertz CT molecular complexity index is 451. The summed E-state index contributed by atoms with van der Waals surface area (Å²) in [4.78, 5) is 0. The van der Waals surface area contributed by atoms with Crippen molar-refractivity contribution < 1.29 is 14.6 Å². The van der Waals surface area contributed by atoms with Gasteiger partial charge in [-0.1, -0.05) is 19.1 Å². The Hall–Kier alpha value is -1.48. The molecule has 3 rings (SSSR count). The lowest BCUT2D eigenvalue weighted by Gasteiger charge is -2.24. The minimum atomic E-state index is -0.431. The molecule has 1 aromatic rings. The molecule has 0 aromatic heterocycles. The van der Waals surface area contributed by atoms with E-state index in [1.807, 2.05) is 12.1 Å². The van der Waals surface area contributed by atoms with Crippen molar-refractivity contribution in [1.29, 1.82) is 0 Å². The van der Waals surface area contributed by atoms with E-state index in [4.69, 9.17) is 9.47 Å². The highest BCUT2D eigenvalue weighted by molar-refractivity contribution is 5.63. The molecule has 1 N–H and O–H groups in total. The van der Waals surface area contributed by atoms with Crippen LogP contribution in [0.25, 0.3) is 6.08 Å². The second kappa shape index (κ2) is 3.52. The third-order valence-electron chi connectivity index (χ3n) is 3.30. The van der Waals surface area contributed by atoms with Gasteiger partial charge in [0.2, 0.25) is 6.79 Å². The standard InChI is InChI=1S/C13H14O3/c1-2-8-3-4-9-5-11-12(16-7-15-11)6-10(9)13(8)14/h3-6,8,13-14H,2,7H2,1H3. The van der Waals surface area contributed by atoms with Gasteiger partial charge in [0.1, 0.15) is 0 Å². The number of aliphatic hydroxyl groups excluding tert-OH is 1. The van der Waals surface area contributed by atoms with Crippen molar-refractivity contribution in [2.75, 3.05) is 6.79 Å². The van der Waals surface area contributed by atoms with Crippen molar-refractivity contribution in [1.82, 2.24) is 0 Å². The quantitative estimate of drug-likeness (QED) is 0.787. The number of benzene rings is 1. The summed E-state index contributed by atoms with van der Waals surface area (Å²) < 4.78 is 10.6. The Balaban J connectivity index is 2.09. The van der Waals surface area contributed by atoms with Crippen LogP contribution in [0.15, 0.2) is 18.2 Å². The number of aliphatic hydroxyl groups is 1. The maximum Gasteiger partial charge on any atom is 0.231 e. The monoisotopic (exact) mass is 218 g/mol. The number of rotatable bonds is 1. The van der Waals surface area contributed by atoms with E-state index in [2.05, 4.69) is 19.1 Å². The average Bonchev–Trinajstić information content (AvgIpc) is 2.74. The highest BCUT2D eigenvalue weighted by Gasteiger charge is 2.26. The van der Waals surface area contributed by atoms with E-state index in [0.717, 1.165) is 29.0 Å². The van der Waals surface area contributed by atoms with Crippen LogP contribution in [0, 0.1) is 5.92 Å². The van der Waals surface area contributed by atoms with Crippen molar-refractivity contribution in [2.45, 2.75) is 19.4 Å². The molecule has 0 spiro atoms. The van der Waals surface area contributed by atoms with Gasteiger partial charge in [-0.2, -0.15) is 0 Å². The normalized spacial score (nSPS) is 25.6. The van der Waals surface area contributed by atoms with Crippen LogP contribution in [-0.2, 0) is 0 Å². The number of hydrogen-bond donors (Lipinski definition) is 1. The van der Waals surface area contributed by atoms with Gasteiger partial charge in [-0.25, -0.2) is 0 Å². The molecule has 0 amide bonds. The van der Waals surface area contributed by atoms with Crippen LogP contribution in [0.5, 0.6) is 11.5 Å². The molecule has 0 fully saturated rings. The van der Waals surface area contributed by atoms with E-state index in [1.165, 1.54) is 0 Å². The third kappa shape index (κ3) is 1.32. The molecule has 2 aliphatic rings. The molecular formula is C13H14O3. The SMILES string of the molecule is CCC1C=Cc2cc3c(cc2C1O)OCO3. The fourth-order valence-electron chi connectivity index (χ4n) is 2.30. The van der Waals surface area contributed by atoms with Gasteiger partial charge in [0.25, 0.3) is 0 Å². The highest BCUT2D eigenvalue weighted by atomic mass is 16.7. The minimum absolute atomic E-state index is 0.202. The van der Waals surface area contributed by atoms with Gasteiger partial charge in [0.05, 0.1) is 6.10 Å². The van der Waals surface area contributed by atoms with Crippen molar-refractivity contribution in [2.24, 2.45) is 5.92 Å². The molecule has 0 saturated heterocycles. The molecule has 1 aliphatic heterocycles. The lowest BCUT2D eigenvalue weighted by atomic mass is 9.85. The number of ether oxygens (including phenoxy) is 2. The predicted molar refractivity (Wildman–Crippen MR) is 60.3 cm³/mol. The van der Waals surface area contributed by atoms with Crippen molar-refractivity contribution >= 4 is 6.08 Å². The summed E-state index contributed by atoms with van der Waals surface area (Å²) in [5.74, 6) is 1.71. The van der Waals surface area contributed by atoms with E-state index >= 15 is 0 Å². The second-order valence-corrected chi connectivity index (χ2v) is 4.21. The van der Waals surface area contributed by atoms with Crippen molar-refractivity contribution in [3.05, 3.63) is 29.3 Å². The zero-order valence-corrected chi connectivity index (χ0v) is 9.14. The van der Waals surface area contributed by atoms with Gasteiger partial charge in [-0.05, 0) is 29.7 Å². The first-order valence-electron chi connectivity index (χ1n) is 5.59. The van der Waals surface area contributed by atoms with Gasteiger partial charge in [0.15, 0.2) is 11.5 Å². The molecular weight excluding hydrogens is 204 g/mol. The maximum atomic E-state index is 10.2. The van der Waals surface area contributed by atoms with Gasteiger partial charge in [0, 0.05) is 5.92 Å². The Morgan fingerprint density at radius 3 is 2.81 bits per heavy atom. The third-order valence-corrected chi connectivity index (χ3v) is 3.30. The summed E-state index contributed by atoms with van der Waals surface area (Å²) in [6.45, 7) is 2.35. The van der Waals surface area contributed by atoms with Crippen molar-refractivity contribution in [3.8, 4) is 11.5 Å². The first-order valence-corrected chi connectivity index (χ1v) is 5.59. The van der Waals surface area contributed by atoms with E-state index in [-0.39, 0.29) is 12.7 Å². The second-order valence-electron chi connectivity index (χ2n) is 4.21. The van der Waals surface area contributed by atoms with Gasteiger partial charge in [-0.3, -0.25) is 0 Å². The predicted octanol–water partition coefficient (Wildman–Crippen LogP) is 2.50. The molecule has 0 radical (unpaired) electrons. The van der Waals surface area contributed by atoms with Crippen LogP contribution in [0.1, 0.15) is 30.6 Å². The molecule has 1 aliphatic carbocycles. The summed E-state index contributed by atoms with van der Waals surface area (Å²) in [5.41, 5.74) is 1.97. The van der Waals surface area contributed by atoms with Gasteiger partial charge in [-0.15, -0.1) is 0 Å². The minimum Gasteiger partial charge on any atom is -0.454 e. The van der Waals surface area contributed by atoms with Crippen molar-refractivity contribution in [3.63, 3.8) is 0 Å². The first kappa shape index (κ1) is 9.73. The molecule has 3 heteroatoms. The average molecular weight is 218 g/mol. The fraction of sp³-hybridized carbons (Fsp3) is 0.385. The van der Waals surface area contributed by atoms with Gasteiger partial charge >= 0.3 is 0 Å². The Morgan fingerprint density at radius 2 is 2.06 bits per heavy atom. The molecule has 0 saturated carbocycles. The van der Waals surface area contributed by atoms with E-state index in [9.17, 15) is 5.11 Å². The lowest BCUT2D eigenvalue weighted by molar-refractivity contribution is 0.127. The molecule has 84 valence electrons. The first-order chi connectivity index (χ1) is 7.79. The molecule has 0 bridgehead atoms. The maximum absolute atomic E-state index is 10.2. The fourth-order valence-corrected chi connectivity index (χ4v) is 2.30. The largest absolute Gasteiger partial charge is 0.454 e. The molecule has 1 heterocycles. The van der Waals surface area contributed by atoms with Crippen LogP contribution >= 0.6 is 0 Å². The molecule has 2 unspecified atom stereocenters. The molecule has 16 heavy (non-hydrogen) atoms. The van der Waals surface area contributed by atoms with Crippen LogP contribution in [0.2, 0.25) is 0 Å². The summed E-state index contributed by atoms with van der Waals surface area (Å²) in [6, 6.07) is 3.83. The van der Waals surface area contributed by atoms with Crippen LogP contribution in [0.3, 0.4) is 0 Å². The summed E-state index contributed by atoms with van der Waals surface area (Å²) in [5, 5.41) is 10.2. The zero-order chi connectivity index (χ0) is 11.1. The van der Waals surface area contributed by atoms with Crippen LogP contribution < -0.4 is 9.47 Å². The van der Waals surface area contributed by atoms with E-state index < -0.39 is 6.10 Å². The van der Waals surface area contributed by atoms with E-state index in [1.54, 1.807) is 0 Å². The molecule has 1 aromatic carbocycles. The van der Waals surface area contributed by atoms with Crippen LogP contribution in [-0.4, -0.2) is 11.9 Å².